The molecular formula is C25H30N4O4S. The molecule has 8 nitrogen and oxygen atoms in total. The van der Waals surface area contributed by atoms with Crippen LogP contribution in [0, 0.1) is 0 Å². The Labute approximate surface area is 204 Å². The highest BCUT2D eigenvalue weighted by Gasteiger charge is 2.41. The number of carbonyl (C=O) groups excluding carboxylic acids is 3. The van der Waals surface area contributed by atoms with E-state index in [1.807, 2.05) is 52.5 Å². The normalized spacial score (nSPS) is 19.7. The summed E-state index contributed by atoms with van der Waals surface area (Å²) in [5, 5.41) is 5.66. The first-order valence-corrected chi connectivity index (χ1v) is 12.6. The third kappa shape index (κ3) is 5.04. The number of amidine groups is 1. The number of methoxy groups -OCH3 is 1. The van der Waals surface area contributed by atoms with Gasteiger partial charge in [-0.05, 0) is 30.2 Å². The third-order valence-corrected chi connectivity index (χ3v) is 7.07. The SMILES string of the molecule is CCC1=C(C(=O)OC)[C@@H](c2ccccc2)N2C(CC(=O)NCCCN3CCCC3=O)=CSC2=N1. The van der Waals surface area contributed by atoms with Crippen LogP contribution in [0.4, 0.5) is 0 Å². The first-order valence-electron chi connectivity index (χ1n) is 11.7. The lowest BCUT2D eigenvalue weighted by Gasteiger charge is -2.36. The molecule has 4 rings (SSSR count). The maximum absolute atomic E-state index is 12.8. The monoisotopic (exact) mass is 482 g/mol. The second-order valence-corrected chi connectivity index (χ2v) is 9.21. The molecular weight excluding hydrogens is 452 g/mol. The Kier molecular flexibility index (Phi) is 7.72. The number of amides is 2. The lowest BCUT2D eigenvalue weighted by atomic mass is 9.93. The Morgan fingerprint density at radius 1 is 1.26 bits per heavy atom. The number of allylic oxidation sites excluding steroid dienone is 1. The number of likely N-dealkylation sites (tertiary alicyclic amines) is 1. The van der Waals surface area contributed by atoms with Gasteiger partial charge in [0.05, 0.1) is 30.8 Å². The highest BCUT2D eigenvalue weighted by Crippen LogP contribution is 2.45. The summed E-state index contributed by atoms with van der Waals surface area (Å²) in [6, 6.07) is 9.35. The zero-order chi connectivity index (χ0) is 24.1. The average molecular weight is 483 g/mol. The molecule has 1 N–H and O–H groups in total. The van der Waals surface area contributed by atoms with E-state index in [0.717, 1.165) is 35.8 Å². The number of hydrogen-bond donors (Lipinski definition) is 1. The van der Waals surface area contributed by atoms with Crippen LogP contribution in [-0.4, -0.2) is 59.5 Å². The summed E-state index contributed by atoms with van der Waals surface area (Å²) < 4.78 is 5.13. The van der Waals surface area contributed by atoms with E-state index in [1.54, 1.807) is 0 Å². The smallest absolute Gasteiger partial charge is 0.338 e. The molecule has 180 valence electrons. The van der Waals surface area contributed by atoms with Gasteiger partial charge in [-0.25, -0.2) is 9.79 Å². The summed E-state index contributed by atoms with van der Waals surface area (Å²) in [5.41, 5.74) is 2.94. The van der Waals surface area contributed by atoms with Gasteiger partial charge < -0.3 is 19.9 Å². The van der Waals surface area contributed by atoms with Gasteiger partial charge in [-0.1, -0.05) is 49.0 Å². The Morgan fingerprint density at radius 2 is 2.06 bits per heavy atom. The van der Waals surface area contributed by atoms with Crippen molar-refractivity contribution in [3.8, 4) is 0 Å². The van der Waals surface area contributed by atoms with Crippen molar-refractivity contribution in [1.82, 2.24) is 15.1 Å². The van der Waals surface area contributed by atoms with Crippen LogP contribution < -0.4 is 5.32 Å². The fourth-order valence-electron chi connectivity index (χ4n) is 4.53. The lowest BCUT2D eigenvalue weighted by Crippen LogP contribution is -2.38. The summed E-state index contributed by atoms with van der Waals surface area (Å²) >= 11 is 1.46. The van der Waals surface area contributed by atoms with Gasteiger partial charge in [0.25, 0.3) is 0 Å². The molecule has 0 saturated carbocycles. The predicted octanol–water partition coefficient (Wildman–Crippen LogP) is 3.34. The second-order valence-electron chi connectivity index (χ2n) is 8.37. The number of rotatable bonds is 9. The van der Waals surface area contributed by atoms with Crippen LogP contribution in [0.25, 0.3) is 0 Å². The van der Waals surface area contributed by atoms with Crippen molar-refractivity contribution in [2.75, 3.05) is 26.7 Å². The summed E-state index contributed by atoms with van der Waals surface area (Å²) in [6.45, 7) is 3.96. The summed E-state index contributed by atoms with van der Waals surface area (Å²) in [6.07, 6.45) is 3.04. The molecule has 1 fully saturated rings. The van der Waals surface area contributed by atoms with Crippen molar-refractivity contribution >= 4 is 34.7 Å². The van der Waals surface area contributed by atoms with Crippen molar-refractivity contribution in [2.45, 2.75) is 45.1 Å². The fraction of sp³-hybridized carbons (Fsp3) is 0.440. The van der Waals surface area contributed by atoms with E-state index in [9.17, 15) is 14.4 Å². The molecule has 0 unspecified atom stereocenters. The highest BCUT2D eigenvalue weighted by atomic mass is 32.2. The zero-order valence-electron chi connectivity index (χ0n) is 19.6. The Balaban J connectivity index is 1.47. The number of nitrogens with zero attached hydrogens (tertiary/aromatic N) is 3. The topological polar surface area (TPSA) is 91.3 Å². The van der Waals surface area contributed by atoms with E-state index in [0.29, 0.717) is 37.2 Å². The van der Waals surface area contributed by atoms with Crippen molar-refractivity contribution in [3.05, 3.63) is 58.3 Å². The maximum Gasteiger partial charge on any atom is 0.338 e. The van der Waals surface area contributed by atoms with Gasteiger partial charge in [0, 0.05) is 31.8 Å². The highest BCUT2D eigenvalue weighted by molar-refractivity contribution is 8.16. The summed E-state index contributed by atoms with van der Waals surface area (Å²) in [4.78, 5) is 45.9. The molecule has 3 heterocycles. The molecule has 9 heteroatoms. The molecule has 1 aromatic carbocycles. The molecule has 2 amide bonds. The standard InChI is InChI=1S/C25H30N4O4S/c1-3-19-22(24(32)33-2)23(17-9-5-4-6-10-17)29-18(16-34-25(29)27-19)15-20(30)26-12-8-14-28-13-7-11-21(28)31/h4-6,9-10,16,23H,3,7-8,11-15H2,1-2H3,(H,26,30)/t23-/m1/s1. The third-order valence-electron chi connectivity index (χ3n) is 6.18. The number of ether oxygens (including phenoxy) is 1. The molecule has 3 aliphatic heterocycles. The molecule has 3 aliphatic rings. The van der Waals surface area contributed by atoms with E-state index in [4.69, 9.17) is 9.73 Å². The minimum absolute atomic E-state index is 0.0995. The van der Waals surface area contributed by atoms with Crippen LogP contribution in [0.1, 0.15) is 50.6 Å². The molecule has 0 radical (unpaired) electrons. The predicted molar refractivity (Wildman–Crippen MR) is 132 cm³/mol. The van der Waals surface area contributed by atoms with E-state index in [1.165, 1.54) is 18.9 Å². The van der Waals surface area contributed by atoms with Crippen molar-refractivity contribution < 1.29 is 19.1 Å². The number of hydrogen-bond acceptors (Lipinski definition) is 7. The van der Waals surface area contributed by atoms with Crippen molar-refractivity contribution in [2.24, 2.45) is 4.99 Å². The van der Waals surface area contributed by atoms with Crippen LogP contribution in [0.5, 0.6) is 0 Å². The van der Waals surface area contributed by atoms with Gasteiger partial charge in [0.15, 0.2) is 5.17 Å². The first-order chi connectivity index (χ1) is 16.5. The van der Waals surface area contributed by atoms with E-state index >= 15 is 0 Å². The van der Waals surface area contributed by atoms with Gasteiger partial charge in [-0.2, -0.15) is 0 Å². The molecule has 0 spiro atoms. The van der Waals surface area contributed by atoms with Crippen LogP contribution in [0.2, 0.25) is 0 Å². The number of fused-ring (bicyclic) bond motifs is 1. The molecule has 0 bridgehead atoms. The first kappa shape index (κ1) is 24.1. The van der Waals surface area contributed by atoms with Gasteiger partial charge in [-0.15, -0.1) is 0 Å². The van der Waals surface area contributed by atoms with Crippen LogP contribution in [-0.2, 0) is 19.1 Å². The molecule has 1 atom stereocenters. The lowest BCUT2D eigenvalue weighted by molar-refractivity contribution is -0.137. The number of aliphatic imine (C=N–C) groups is 1. The molecule has 34 heavy (non-hydrogen) atoms. The number of esters is 1. The van der Waals surface area contributed by atoms with Gasteiger partial charge in [0.2, 0.25) is 11.8 Å². The molecule has 0 aromatic heterocycles. The van der Waals surface area contributed by atoms with Crippen LogP contribution in [0.15, 0.2) is 57.7 Å². The molecule has 1 saturated heterocycles. The molecule has 1 aromatic rings. The van der Waals surface area contributed by atoms with Gasteiger partial charge in [-0.3, -0.25) is 9.59 Å². The summed E-state index contributed by atoms with van der Waals surface area (Å²) in [5.74, 6) is -0.313. The second kappa shape index (κ2) is 10.9. The van der Waals surface area contributed by atoms with Crippen molar-refractivity contribution in [3.63, 3.8) is 0 Å². The minimum atomic E-state index is -0.411. The fourth-order valence-corrected chi connectivity index (χ4v) is 5.47. The minimum Gasteiger partial charge on any atom is -0.466 e. The number of thioether (sulfide) groups is 1. The van der Waals surface area contributed by atoms with E-state index in [2.05, 4.69) is 5.32 Å². The van der Waals surface area contributed by atoms with E-state index in [-0.39, 0.29) is 18.2 Å². The Bertz CT molecular complexity index is 1050. The van der Waals surface area contributed by atoms with Crippen molar-refractivity contribution in [1.29, 1.82) is 0 Å². The number of nitrogens with one attached hydrogen (secondary N) is 1. The largest absolute Gasteiger partial charge is 0.466 e. The molecule has 0 aliphatic carbocycles. The average Bonchev–Trinajstić information content (AvgIpc) is 3.46. The number of benzene rings is 1. The zero-order valence-corrected chi connectivity index (χ0v) is 20.4. The maximum atomic E-state index is 12.8. The van der Waals surface area contributed by atoms with E-state index < -0.39 is 12.0 Å². The van der Waals surface area contributed by atoms with Gasteiger partial charge >= 0.3 is 5.97 Å². The summed E-state index contributed by atoms with van der Waals surface area (Å²) in [7, 11) is 1.38. The van der Waals surface area contributed by atoms with Gasteiger partial charge in [0.1, 0.15) is 0 Å². The van der Waals surface area contributed by atoms with Crippen LogP contribution >= 0.6 is 11.8 Å². The van der Waals surface area contributed by atoms with Crippen LogP contribution in [0.3, 0.4) is 0 Å². The quantitative estimate of drug-likeness (QED) is 0.429. The number of carbonyl (C=O) groups is 3. The Morgan fingerprint density at radius 3 is 2.74 bits per heavy atom. The Hall–Kier alpha value is -3.07.